The summed E-state index contributed by atoms with van der Waals surface area (Å²) in [5.74, 6) is -0.217. The van der Waals surface area contributed by atoms with Gasteiger partial charge in [-0.3, -0.25) is 0 Å². The third-order valence-corrected chi connectivity index (χ3v) is 4.36. The minimum atomic E-state index is -4.56. The van der Waals surface area contributed by atoms with Crippen molar-refractivity contribution in [2.24, 2.45) is 7.05 Å². The lowest BCUT2D eigenvalue weighted by Crippen LogP contribution is -2.09. The van der Waals surface area contributed by atoms with Gasteiger partial charge in [0.2, 0.25) is 0 Å². The fraction of sp³-hybridized carbons (Fsp3) is 0.409. The average molecular weight is 433 g/mol. The summed E-state index contributed by atoms with van der Waals surface area (Å²) in [6.07, 6.45) is -2.43. The first kappa shape index (κ1) is 24.2. The summed E-state index contributed by atoms with van der Waals surface area (Å²) in [7, 11) is 1.74. The molecule has 1 N–H and O–H groups in total. The van der Waals surface area contributed by atoms with Gasteiger partial charge in [-0.1, -0.05) is 20.8 Å². The van der Waals surface area contributed by atoms with E-state index in [4.69, 9.17) is 4.74 Å². The fourth-order valence-corrected chi connectivity index (χ4v) is 2.85. The van der Waals surface area contributed by atoms with Gasteiger partial charge < -0.3 is 14.6 Å². The topological polar surface area (TPSA) is 75.8 Å². The third kappa shape index (κ3) is 5.95. The van der Waals surface area contributed by atoms with Crippen molar-refractivity contribution in [3.63, 3.8) is 0 Å². The number of pyridine rings is 1. The van der Waals surface area contributed by atoms with E-state index in [0.29, 0.717) is 17.5 Å². The lowest BCUT2D eigenvalue weighted by Gasteiger charge is -2.15. The van der Waals surface area contributed by atoms with Gasteiger partial charge in [-0.25, -0.2) is 9.97 Å². The number of aryl methyl sites for hydroxylation is 1. The van der Waals surface area contributed by atoms with Crippen LogP contribution in [0.1, 0.15) is 38.4 Å². The Balaban J connectivity index is 0.000000614. The summed E-state index contributed by atoms with van der Waals surface area (Å²) in [4.78, 5) is 8.28. The van der Waals surface area contributed by atoms with E-state index in [9.17, 15) is 18.4 Å². The second-order valence-electron chi connectivity index (χ2n) is 6.71. The molecule has 0 radical (unpaired) electrons. The molecule has 31 heavy (non-hydrogen) atoms. The summed E-state index contributed by atoms with van der Waals surface area (Å²) in [5, 5.41) is 12.4. The summed E-state index contributed by atoms with van der Waals surface area (Å²) in [5.41, 5.74) is 0.752. The number of benzene rings is 1. The van der Waals surface area contributed by atoms with Crippen molar-refractivity contribution in [1.82, 2.24) is 19.9 Å². The maximum atomic E-state index is 13.4. The predicted octanol–water partition coefficient (Wildman–Crippen LogP) is 4.93. The number of hydrogen-bond donors (Lipinski definition) is 1. The first-order valence-electron chi connectivity index (χ1n) is 10.0. The zero-order valence-electron chi connectivity index (χ0n) is 18.0. The van der Waals surface area contributed by atoms with E-state index < -0.39 is 11.7 Å². The van der Waals surface area contributed by atoms with Crippen LogP contribution in [-0.2, 0) is 13.2 Å². The minimum Gasteiger partial charge on any atom is -0.493 e. The molecule has 9 heteroatoms. The van der Waals surface area contributed by atoms with Crippen LogP contribution in [0, 0.1) is 11.3 Å². The quantitative estimate of drug-likeness (QED) is 0.597. The second kappa shape index (κ2) is 10.8. The Morgan fingerprint density at radius 1 is 1.16 bits per heavy atom. The molecule has 3 aromatic rings. The largest absolute Gasteiger partial charge is 0.493 e. The van der Waals surface area contributed by atoms with Crippen molar-refractivity contribution in [2.45, 2.75) is 33.4 Å². The molecule has 0 amide bonds. The van der Waals surface area contributed by atoms with Crippen LogP contribution in [0.3, 0.4) is 0 Å². The number of nitrogens with one attached hydrogen (secondary N) is 1. The zero-order valence-corrected chi connectivity index (χ0v) is 18.0. The molecule has 0 saturated carbocycles. The molecule has 2 heterocycles. The smallest absolute Gasteiger partial charge is 0.419 e. The lowest BCUT2D eigenvalue weighted by atomic mass is 10.1. The number of fused-ring (bicyclic) bond motifs is 1. The molecule has 3 rings (SSSR count). The van der Waals surface area contributed by atoms with Crippen LogP contribution in [0.25, 0.3) is 22.3 Å². The SMILES string of the molecule is CCCOc1ccc(-c2cc3c(ncn3C)c(C#N)n2)cc1C(F)(F)F.CCNCC. The lowest BCUT2D eigenvalue weighted by molar-refractivity contribution is -0.138. The van der Waals surface area contributed by atoms with Crippen LogP contribution in [0.15, 0.2) is 30.6 Å². The van der Waals surface area contributed by atoms with E-state index in [0.717, 1.165) is 19.2 Å². The van der Waals surface area contributed by atoms with Crippen molar-refractivity contribution >= 4 is 11.0 Å². The van der Waals surface area contributed by atoms with Gasteiger partial charge in [-0.15, -0.1) is 0 Å². The average Bonchev–Trinajstić information content (AvgIpc) is 3.12. The van der Waals surface area contributed by atoms with Gasteiger partial charge in [-0.05, 0) is 43.8 Å². The molecule has 166 valence electrons. The summed E-state index contributed by atoms with van der Waals surface area (Å²) in [6.45, 7) is 8.40. The van der Waals surface area contributed by atoms with Crippen LogP contribution >= 0.6 is 0 Å². The van der Waals surface area contributed by atoms with E-state index in [2.05, 4.69) is 29.1 Å². The van der Waals surface area contributed by atoms with Crippen molar-refractivity contribution in [2.75, 3.05) is 19.7 Å². The Morgan fingerprint density at radius 3 is 2.42 bits per heavy atom. The summed E-state index contributed by atoms with van der Waals surface area (Å²) in [6, 6.07) is 7.35. The highest BCUT2D eigenvalue weighted by atomic mass is 19.4. The van der Waals surface area contributed by atoms with Gasteiger partial charge in [0.1, 0.15) is 17.3 Å². The minimum absolute atomic E-state index is 0.0676. The number of nitriles is 1. The number of halogens is 3. The Kier molecular flexibility index (Phi) is 8.39. The second-order valence-corrected chi connectivity index (χ2v) is 6.71. The molecular formula is C22H26F3N5O. The molecule has 6 nitrogen and oxygen atoms in total. The number of rotatable bonds is 6. The van der Waals surface area contributed by atoms with Gasteiger partial charge in [0.05, 0.1) is 29.7 Å². The normalized spacial score (nSPS) is 11.0. The van der Waals surface area contributed by atoms with Crippen LogP contribution in [0.4, 0.5) is 13.2 Å². The van der Waals surface area contributed by atoms with E-state index in [1.165, 1.54) is 18.5 Å². The monoisotopic (exact) mass is 433 g/mol. The van der Waals surface area contributed by atoms with Crippen LogP contribution in [0.5, 0.6) is 5.75 Å². The molecular weight excluding hydrogens is 407 g/mol. The van der Waals surface area contributed by atoms with Crippen LogP contribution in [0.2, 0.25) is 0 Å². The molecule has 0 saturated heterocycles. The van der Waals surface area contributed by atoms with Crippen molar-refractivity contribution < 1.29 is 17.9 Å². The number of imidazole rings is 1. The Bertz CT molecular complexity index is 1050. The highest BCUT2D eigenvalue weighted by molar-refractivity contribution is 5.84. The summed E-state index contributed by atoms with van der Waals surface area (Å²) >= 11 is 0. The molecule has 0 spiro atoms. The highest BCUT2D eigenvalue weighted by Crippen LogP contribution is 2.39. The van der Waals surface area contributed by atoms with Crippen LogP contribution in [-0.4, -0.2) is 34.2 Å². The van der Waals surface area contributed by atoms with Crippen molar-refractivity contribution in [3.05, 3.63) is 41.9 Å². The zero-order chi connectivity index (χ0) is 23.0. The number of alkyl halides is 3. The molecule has 0 aliphatic heterocycles. The molecule has 0 atom stereocenters. The number of nitrogens with zero attached hydrogens (tertiary/aromatic N) is 4. The molecule has 0 bridgehead atoms. The van der Waals surface area contributed by atoms with E-state index >= 15 is 0 Å². The molecule has 0 aliphatic rings. The van der Waals surface area contributed by atoms with E-state index in [1.807, 2.05) is 13.0 Å². The predicted molar refractivity (Wildman–Crippen MR) is 114 cm³/mol. The van der Waals surface area contributed by atoms with Crippen molar-refractivity contribution in [1.29, 1.82) is 5.26 Å². The van der Waals surface area contributed by atoms with Gasteiger partial charge >= 0.3 is 6.18 Å². The third-order valence-electron chi connectivity index (χ3n) is 4.36. The van der Waals surface area contributed by atoms with E-state index in [1.54, 1.807) is 17.7 Å². The van der Waals surface area contributed by atoms with E-state index in [-0.39, 0.29) is 29.3 Å². The molecule has 2 aromatic heterocycles. The first-order valence-corrected chi connectivity index (χ1v) is 10.0. The fourth-order valence-electron chi connectivity index (χ4n) is 2.85. The van der Waals surface area contributed by atoms with Crippen molar-refractivity contribution in [3.8, 4) is 23.1 Å². The Morgan fingerprint density at radius 2 is 1.87 bits per heavy atom. The van der Waals surface area contributed by atoms with Crippen LogP contribution < -0.4 is 10.1 Å². The molecule has 1 aromatic carbocycles. The maximum Gasteiger partial charge on any atom is 0.419 e. The highest BCUT2D eigenvalue weighted by Gasteiger charge is 2.35. The molecule has 0 aliphatic carbocycles. The first-order chi connectivity index (χ1) is 14.8. The Hall–Kier alpha value is -3.12. The van der Waals surface area contributed by atoms with Gasteiger partial charge in [0, 0.05) is 12.6 Å². The molecule has 0 fully saturated rings. The number of hydrogen-bond acceptors (Lipinski definition) is 5. The number of aromatic nitrogens is 3. The molecule has 0 unspecified atom stereocenters. The maximum absolute atomic E-state index is 13.4. The Labute approximate surface area is 179 Å². The number of ether oxygens (including phenoxy) is 1. The van der Waals surface area contributed by atoms with Gasteiger partial charge in [0.25, 0.3) is 0 Å². The van der Waals surface area contributed by atoms with Gasteiger partial charge in [-0.2, -0.15) is 18.4 Å². The summed E-state index contributed by atoms with van der Waals surface area (Å²) < 4.78 is 47.2. The van der Waals surface area contributed by atoms with Gasteiger partial charge in [0.15, 0.2) is 5.69 Å². The standard InChI is InChI=1S/C18H15F3N4O.C4H11N/c1-3-6-26-16-5-4-11(7-12(16)18(19,20)21)13-8-15-17(14(9-22)24-13)23-10-25(15)2;1-3-5-4-2/h4-5,7-8,10H,3,6H2,1-2H3;5H,3-4H2,1-2H3.